The van der Waals surface area contributed by atoms with Gasteiger partial charge in [0.15, 0.2) is 11.5 Å². The van der Waals surface area contributed by atoms with E-state index in [4.69, 9.17) is 14.2 Å². The van der Waals surface area contributed by atoms with Crippen LogP contribution in [0.1, 0.15) is 10.4 Å². The van der Waals surface area contributed by atoms with E-state index in [2.05, 4.69) is 21.2 Å². The van der Waals surface area contributed by atoms with E-state index in [1.807, 2.05) is 0 Å². The van der Waals surface area contributed by atoms with Crippen LogP contribution in [-0.2, 0) is 0 Å². The molecule has 0 fully saturated rings. The van der Waals surface area contributed by atoms with Crippen LogP contribution >= 0.6 is 15.9 Å². The normalized spacial score (nSPS) is 10.1. The van der Waals surface area contributed by atoms with Crippen LogP contribution in [0.4, 0.5) is 5.69 Å². The molecule has 0 unspecified atom stereocenters. The summed E-state index contributed by atoms with van der Waals surface area (Å²) in [6.45, 7) is 0. The number of carbonyl (C=O) groups excluding carboxylic acids is 1. The average Bonchev–Trinajstić information content (AvgIpc) is 2.56. The maximum absolute atomic E-state index is 12.5. The Morgan fingerprint density at radius 2 is 1.65 bits per heavy atom. The number of nitrogens with one attached hydrogen (secondary N) is 1. The molecule has 0 saturated heterocycles. The lowest BCUT2D eigenvalue weighted by Gasteiger charge is -2.16. The predicted octanol–water partition coefficient (Wildman–Crippen LogP) is 3.43. The number of methoxy groups -OCH3 is 3. The molecule has 7 heteroatoms. The molecule has 23 heavy (non-hydrogen) atoms. The third-order valence-electron chi connectivity index (χ3n) is 3.14. The zero-order valence-corrected chi connectivity index (χ0v) is 14.4. The number of hydrogen-bond donors (Lipinski definition) is 2. The molecule has 6 nitrogen and oxygen atoms in total. The Hall–Kier alpha value is -2.41. The monoisotopic (exact) mass is 381 g/mol. The summed E-state index contributed by atoms with van der Waals surface area (Å²) in [5.41, 5.74) is 0.876. The molecule has 0 aliphatic carbocycles. The van der Waals surface area contributed by atoms with Crippen molar-refractivity contribution in [3.05, 3.63) is 40.4 Å². The first-order valence-electron chi connectivity index (χ1n) is 6.60. The SMILES string of the molecule is COc1cc(C(=O)Nc2ccc(O)cc2)c(Br)c(OC)c1OC. The van der Waals surface area contributed by atoms with Gasteiger partial charge in [-0.1, -0.05) is 0 Å². The van der Waals surface area contributed by atoms with Gasteiger partial charge in [-0.25, -0.2) is 0 Å². The predicted molar refractivity (Wildman–Crippen MR) is 89.9 cm³/mol. The molecule has 2 aromatic carbocycles. The molecule has 1 amide bonds. The van der Waals surface area contributed by atoms with Gasteiger partial charge in [-0.3, -0.25) is 4.79 Å². The van der Waals surface area contributed by atoms with Crippen LogP contribution in [0.15, 0.2) is 34.8 Å². The Kier molecular flexibility index (Phi) is 5.33. The molecule has 0 aromatic heterocycles. The maximum atomic E-state index is 12.5. The third-order valence-corrected chi connectivity index (χ3v) is 3.93. The Bertz CT molecular complexity index is 715. The van der Waals surface area contributed by atoms with E-state index in [0.717, 1.165) is 0 Å². The van der Waals surface area contributed by atoms with Gasteiger partial charge >= 0.3 is 0 Å². The highest BCUT2D eigenvalue weighted by Gasteiger charge is 2.22. The number of benzene rings is 2. The fourth-order valence-corrected chi connectivity index (χ4v) is 2.67. The van der Waals surface area contributed by atoms with Crippen molar-refractivity contribution in [1.29, 1.82) is 0 Å². The van der Waals surface area contributed by atoms with Gasteiger partial charge in [0, 0.05) is 5.69 Å². The molecule has 2 aromatic rings. The van der Waals surface area contributed by atoms with Crippen molar-refractivity contribution < 1.29 is 24.1 Å². The Labute approximate surface area is 142 Å². The second kappa shape index (κ2) is 7.23. The van der Waals surface area contributed by atoms with E-state index >= 15 is 0 Å². The molecule has 0 spiro atoms. The second-order valence-electron chi connectivity index (χ2n) is 4.51. The molecule has 2 N–H and O–H groups in total. The lowest BCUT2D eigenvalue weighted by Crippen LogP contribution is -2.13. The number of halogens is 1. The largest absolute Gasteiger partial charge is 0.508 e. The van der Waals surface area contributed by atoms with Gasteiger partial charge in [0.2, 0.25) is 5.75 Å². The van der Waals surface area contributed by atoms with Crippen LogP contribution in [0.3, 0.4) is 0 Å². The standard InChI is InChI=1S/C16H16BrNO5/c1-21-12-8-11(13(17)15(23-3)14(12)22-2)16(20)18-9-4-6-10(19)7-5-9/h4-8,19H,1-3H3,(H,18,20). The number of hydrogen-bond acceptors (Lipinski definition) is 5. The van der Waals surface area contributed by atoms with Crippen LogP contribution < -0.4 is 19.5 Å². The summed E-state index contributed by atoms with van der Waals surface area (Å²) >= 11 is 3.36. The first-order chi connectivity index (χ1) is 11.0. The van der Waals surface area contributed by atoms with Crippen LogP contribution in [-0.4, -0.2) is 32.3 Å². The Morgan fingerprint density at radius 1 is 1.04 bits per heavy atom. The highest BCUT2D eigenvalue weighted by atomic mass is 79.9. The number of rotatable bonds is 5. The van der Waals surface area contributed by atoms with Crippen LogP contribution in [0.2, 0.25) is 0 Å². The summed E-state index contributed by atoms with van der Waals surface area (Å²) in [5.74, 6) is 0.896. The van der Waals surface area contributed by atoms with E-state index < -0.39 is 0 Å². The highest BCUT2D eigenvalue weighted by molar-refractivity contribution is 9.10. The van der Waals surface area contributed by atoms with E-state index in [1.165, 1.54) is 33.5 Å². The Balaban J connectivity index is 2.41. The van der Waals surface area contributed by atoms with Crippen molar-refractivity contribution in [2.45, 2.75) is 0 Å². The van der Waals surface area contributed by atoms with Crippen molar-refractivity contribution in [3.8, 4) is 23.0 Å². The summed E-state index contributed by atoms with van der Waals surface area (Å²) in [5, 5.41) is 12.0. The number of amides is 1. The van der Waals surface area contributed by atoms with Crippen molar-refractivity contribution in [3.63, 3.8) is 0 Å². The molecule has 122 valence electrons. The smallest absolute Gasteiger partial charge is 0.257 e. The second-order valence-corrected chi connectivity index (χ2v) is 5.30. The van der Waals surface area contributed by atoms with Crippen LogP contribution in [0, 0.1) is 0 Å². The molecule has 0 atom stereocenters. The minimum atomic E-state index is -0.359. The zero-order valence-electron chi connectivity index (χ0n) is 12.8. The van der Waals surface area contributed by atoms with Gasteiger partial charge in [0.25, 0.3) is 5.91 Å². The number of ether oxygens (including phenoxy) is 3. The number of phenolic OH excluding ortho intramolecular Hbond substituents is 1. The molecule has 0 aliphatic rings. The molecule has 2 rings (SSSR count). The zero-order chi connectivity index (χ0) is 17.0. The van der Waals surface area contributed by atoms with Crippen molar-refractivity contribution >= 4 is 27.5 Å². The maximum Gasteiger partial charge on any atom is 0.257 e. The van der Waals surface area contributed by atoms with Crippen LogP contribution in [0.5, 0.6) is 23.0 Å². The molecule has 0 aliphatic heterocycles. The van der Waals surface area contributed by atoms with Gasteiger partial charge in [0.1, 0.15) is 5.75 Å². The number of carbonyl (C=O) groups is 1. The van der Waals surface area contributed by atoms with Crippen LogP contribution in [0.25, 0.3) is 0 Å². The molecule has 0 radical (unpaired) electrons. The molecule has 0 saturated carbocycles. The number of aromatic hydroxyl groups is 1. The quantitative estimate of drug-likeness (QED) is 0.775. The van der Waals surface area contributed by atoms with Gasteiger partial charge in [-0.2, -0.15) is 0 Å². The van der Waals surface area contributed by atoms with Gasteiger partial charge in [-0.15, -0.1) is 0 Å². The minimum absolute atomic E-state index is 0.122. The first kappa shape index (κ1) is 17.0. The minimum Gasteiger partial charge on any atom is -0.508 e. The highest BCUT2D eigenvalue weighted by Crippen LogP contribution is 2.44. The van der Waals surface area contributed by atoms with E-state index in [9.17, 15) is 9.90 Å². The topological polar surface area (TPSA) is 77.0 Å². The summed E-state index contributed by atoms with van der Waals surface area (Å²) in [4.78, 5) is 12.5. The fraction of sp³-hybridized carbons (Fsp3) is 0.188. The lowest BCUT2D eigenvalue weighted by molar-refractivity contribution is 0.102. The van der Waals surface area contributed by atoms with Crippen molar-refractivity contribution in [2.24, 2.45) is 0 Å². The molecule has 0 bridgehead atoms. The third kappa shape index (κ3) is 3.50. The van der Waals surface area contributed by atoms with Gasteiger partial charge in [0.05, 0.1) is 31.4 Å². The van der Waals surface area contributed by atoms with E-state index in [-0.39, 0.29) is 11.7 Å². The summed E-state index contributed by atoms with van der Waals surface area (Å²) < 4.78 is 16.3. The molecular formula is C16H16BrNO5. The van der Waals surface area contributed by atoms with E-state index in [0.29, 0.717) is 33.0 Å². The average molecular weight is 382 g/mol. The molecule has 0 heterocycles. The number of anilines is 1. The summed E-state index contributed by atoms with van der Waals surface area (Å²) in [6.07, 6.45) is 0. The van der Waals surface area contributed by atoms with Gasteiger partial charge < -0.3 is 24.6 Å². The summed E-state index contributed by atoms with van der Waals surface area (Å²) in [6, 6.07) is 7.72. The fourth-order valence-electron chi connectivity index (χ4n) is 2.03. The van der Waals surface area contributed by atoms with Crippen molar-refractivity contribution in [2.75, 3.05) is 26.6 Å². The first-order valence-corrected chi connectivity index (χ1v) is 7.40. The lowest BCUT2D eigenvalue weighted by atomic mass is 10.1. The van der Waals surface area contributed by atoms with Crippen molar-refractivity contribution in [1.82, 2.24) is 0 Å². The molecular weight excluding hydrogens is 366 g/mol. The van der Waals surface area contributed by atoms with Gasteiger partial charge in [-0.05, 0) is 46.3 Å². The van der Waals surface area contributed by atoms with E-state index in [1.54, 1.807) is 18.2 Å². The Morgan fingerprint density at radius 3 is 2.17 bits per heavy atom. The number of phenols is 1. The summed E-state index contributed by atoms with van der Waals surface area (Å²) in [7, 11) is 4.44.